The molecule has 0 spiro atoms. The van der Waals surface area contributed by atoms with Gasteiger partial charge in [-0.3, -0.25) is 4.90 Å². The van der Waals surface area contributed by atoms with E-state index in [2.05, 4.69) is 17.1 Å². The van der Waals surface area contributed by atoms with E-state index in [1.165, 1.54) is 39.0 Å². The summed E-state index contributed by atoms with van der Waals surface area (Å²) in [4.78, 5) is 2.63. The van der Waals surface area contributed by atoms with Crippen molar-refractivity contribution >= 4 is 0 Å². The van der Waals surface area contributed by atoms with E-state index < -0.39 is 0 Å². The van der Waals surface area contributed by atoms with Crippen LogP contribution in [0.4, 0.5) is 0 Å². The summed E-state index contributed by atoms with van der Waals surface area (Å²) in [6, 6.07) is 0.869. The minimum absolute atomic E-state index is 0.869. The fourth-order valence-electron chi connectivity index (χ4n) is 2.56. The first kappa shape index (κ1) is 7.56. The summed E-state index contributed by atoms with van der Waals surface area (Å²) in [7, 11) is 0. The van der Waals surface area contributed by atoms with Gasteiger partial charge in [-0.15, -0.1) is 0 Å². The van der Waals surface area contributed by atoms with Gasteiger partial charge in [-0.25, -0.2) is 0 Å². The predicted octanol–water partition coefficient (Wildman–Crippen LogP) is 0.690. The Bertz CT molecular complexity index is 136. The van der Waals surface area contributed by atoms with Crippen LogP contribution in [0.3, 0.4) is 0 Å². The van der Waals surface area contributed by atoms with Crippen LogP contribution in [0.5, 0.6) is 0 Å². The van der Waals surface area contributed by atoms with Crippen LogP contribution >= 0.6 is 0 Å². The molecule has 1 N–H and O–H groups in total. The Morgan fingerprint density at radius 3 is 3.18 bits per heavy atom. The molecule has 2 aliphatic rings. The first-order valence-corrected chi connectivity index (χ1v) is 4.86. The first-order chi connectivity index (χ1) is 5.42. The van der Waals surface area contributed by atoms with Crippen molar-refractivity contribution in [1.82, 2.24) is 10.2 Å². The van der Waals surface area contributed by atoms with Gasteiger partial charge in [-0.05, 0) is 38.4 Å². The van der Waals surface area contributed by atoms with Gasteiger partial charge in [0, 0.05) is 12.6 Å². The lowest BCUT2D eigenvalue weighted by Crippen LogP contribution is -2.44. The molecule has 0 saturated carbocycles. The van der Waals surface area contributed by atoms with E-state index in [9.17, 15) is 0 Å². The smallest absolute Gasteiger partial charge is 0.0260 e. The number of fused-ring (bicyclic) bond motifs is 1. The fourth-order valence-corrected chi connectivity index (χ4v) is 2.56. The van der Waals surface area contributed by atoms with Crippen molar-refractivity contribution in [1.29, 1.82) is 0 Å². The van der Waals surface area contributed by atoms with Gasteiger partial charge in [-0.2, -0.15) is 0 Å². The van der Waals surface area contributed by atoms with Gasteiger partial charge in [-0.1, -0.05) is 6.92 Å². The standard InChI is InChI=1S/C9H18N2/c1-2-11-5-3-4-8-6-10-7-9(8)11/h8-10H,2-7H2,1H3/t8-,9+/m1/s1. The predicted molar refractivity (Wildman–Crippen MR) is 46.6 cm³/mol. The SMILES string of the molecule is CCN1CCC[C@@H]2CNC[C@@H]21. The van der Waals surface area contributed by atoms with E-state index in [-0.39, 0.29) is 0 Å². The molecule has 64 valence electrons. The molecule has 0 aromatic rings. The van der Waals surface area contributed by atoms with Crippen molar-refractivity contribution < 1.29 is 0 Å². The van der Waals surface area contributed by atoms with Crippen LogP contribution in [0.25, 0.3) is 0 Å². The molecule has 2 aliphatic heterocycles. The van der Waals surface area contributed by atoms with Gasteiger partial charge in [0.25, 0.3) is 0 Å². The van der Waals surface area contributed by atoms with Crippen LogP contribution in [0.1, 0.15) is 19.8 Å². The topological polar surface area (TPSA) is 15.3 Å². The highest BCUT2D eigenvalue weighted by atomic mass is 15.2. The van der Waals surface area contributed by atoms with Crippen molar-refractivity contribution in [3.8, 4) is 0 Å². The van der Waals surface area contributed by atoms with E-state index in [0.717, 1.165) is 12.0 Å². The average molecular weight is 154 g/mol. The van der Waals surface area contributed by atoms with Crippen molar-refractivity contribution in [3.05, 3.63) is 0 Å². The molecule has 0 bridgehead atoms. The van der Waals surface area contributed by atoms with Crippen LogP contribution in [-0.2, 0) is 0 Å². The van der Waals surface area contributed by atoms with Crippen molar-refractivity contribution in [3.63, 3.8) is 0 Å². The second-order valence-corrected chi connectivity index (χ2v) is 3.76. The second kappa shape index (κ2) is 3.11. The molecule has 11 heavy (non-hydrogen) atoms. The van der Waals surface area contributed by atoms with E-state index in [1.807, 2.05) is 0 Å². The molecular weight excluding hydrogens is 136 g/mol. The van der Waals surface area contributed by atoms with E-state index >= 15 is 0 Å². The van der Waals surface area contributed by atoms with Crippen LogP contribution in [-0.4, -0.2) is 37.1 Å². The summed E-state index contributed by atoms with van der Waals surface area (Å²) in [5.41, 5.74) is 0. The van der Waals surface area contributed by atoms with E-state index in [1.54, 1.807) is 0 Å². The molecule has 2 nitrogen and oxygen atoms in total. The lowest BCUT2D eigenvalue weighted by Gasteiger charge is -2.36. The Morgan fingerprint density at radius 1 is 1.45 bits per heavy atom. The number of rotatable bonds is 1. The quantitative estimate of drug-likeness (QED) is 0.598. The lowest BCUT2D eigenvalue weighted by molar-refractivity contribution is 0.132. The van der Waals surface area contributed by atoms with Crippen molar-refractivity contribution in [2.45, 2.75) is 25.8 Å². The summed E-state index contributed by atoms with van der Waals surface area (Å²) >= 11 is 0. The summed E-state index contributed by atoms with van der Waals surface area (Å²) in [5, 5.41) is 3.49. The number of piperidine rings is 1. The zero-order valence-electron chi connectivity index (χ0n) is 7.34. The molecular formula is C9H18N2. The molecule has 2 fully saturated rings. The molecule has 0 unspecified atom stereocenters. The van der Waals surface area contributed by atoms with E-state index in [0.29, 0.717) is 0 Å². The molecule has 0 aromatic carbocycles. The second-order valence-electron chi connectivity index (χ2n) is 3.76. The number of hydrogen-bond acceptors (Lipinski definition) is 2. The van der Waals surface area contributed by atoms with Gasteiger partial charge >= 0.3 is 0 Å². The third-order valence-electron chi connectivity index (χ3n) is 3.20. The summed E-state index contributed by atoms with van der Waals surface area (Å²) in [6.07, 6.45) is 2.87. The number of nitrogens with zero attached hydrogens (tertiary/aromatic N) is 1. The Kier molecular flexibility index (Phi) is 2.14. The zero-order chi connectivity index (χ0) is 7.68. The van der Waals surface area contributed by atoms with Gasteiger partial charge in [0.15, 0.2) is 0 Å². The lowest BCUT2D eigenvalue weighted by atomic mass is 9.92. The van der Waals surface area contributed by atoms with Crippen LogP contribution < -0.4 is 5.32 Å². The minimum atomic E-state index is 0.869. The van der Waals surface area contributed by atoms with Gasteiger partial charge in [0.05, 0.1) is 0 Å². The number of hydrogen-bond donors (Lipinski definition) is 1. The van der Waals surface area contributed by atoms with Gasteiger partial charge in [0.1, 0.15) is 0 Å². The summed E-state index contributed by atoms with van der Waals surface area (Å²) < 4.78 is 0. The Balaban J connectivity index is 2.00. The third kappa shape index (κ3) is 1.30. The highest BCUT2D eigenvalue weighted by Gasteiger charge is 2.33. The third-order valence-corrected chi connectivity index (χ3v) is 3.20. The number of likely N-dealkylation sites (tertiary alicyclic amines) is 1. The number of nitrogens with one attached hydrogen (secondary N) is 1. The summed E-state index contributed by atoms with van der Waals surface area (Å²) in [6.45, 7) is 7.35. The molecule has 0 aliphatic carbocycles. The molecule has 0 aromatic heterocycles. The monoisotopic (exact) mass is 154 g/mol. The Morgan fingerprint density at radius 2 is 2.36 bits per heavy atom. The van der Waals surface area contributed by atoms with Gasteiger partial charge in [0.2, 0.25) is 0 Å². The molecule has 2 heterocycles. The van der Waals surface area contributed by atoms with E-state index in [4.69, 9.17) is 0 Å². The largest absolute Gasteiger partial charge is 0.315 e. The maximum Gasteiger partial charge on any atom is 0.0260 e. The van der Waals surface area contributed by atoms with Crippen molar-refractivity contribution in [2.24, 2.45) is 5.92 Å². The van der Waals surface area contributed by atoms with Crippen LogP contribution in [0, 0.1) is 5.92 Å². The Hall–Kier alpha value is -0.0800. The average Bonchev–Trinajstić information content (AvgIpc) is 2.50. The zero-order valence-corrected chi connectivity index (χ0v) is 7.34. The van der Waals surface area contributed by atoms with Crippen LogP contribution in [0.15, 0.2) is 0 Å². The minimum Gasteiger partial charge on any atom is -0.315 e. The maximum atomic E-state index is 3.49. The Labute approximate surface area is 69.0 Å². The van der Waals surface area contributed by atoms with Gasteiger partial charge < -0.3 is 5.32 Å². The highest BCUT2D eigenvalue weighted by Crippen LogP contribution is 2.25. The fraction of sp³-hybridized carbons (Fsp3) is 1.00. The first-order valence-electron chi connectivity index (χ1n) is 4.86. The highest BCUT2D eigenvalue weighted by molar-refractivity contribution is 4.91. The molecule has 0 radical (unpaired) electrons. The molecule has 2 saturated heterocycles. The maximum absolute atomic E-state index is 3.49. The molecule has 2 rings (SSSR count). The molecule has 2 atom stereocenters. The normalized spacial score (nSPS) is 39.0. The summed E-state index contributed by atoms with van der Waals surface area (Å²) in [5.74, 6) is 0.962. The van der Waals surface area contributed by atoms with Crippen LogP contribution in [0.2, 0.25) is 0 Å². The number of likely N-dealkylation sites (N-methyl/N-ethyl adjacent to an activating group) is 1. The molecule has 0 amide bonds. The van der Waals surface area contributed by atoms with Crippen molar-refractivity contribution in [2.75, 3.05) is 26.2 Å². The molecule has 2 heteroatoms.